The predicted octanol–water partition coefficient (Wildman–Crippen LogP) is 1.71. The first-order valence-electron chi connectivity index (χ1n) is 8.87. The van der Waals surface area contributed by atoms with Crippen molar-refractivity contribution in [3.63, 3.8) is 0 Å². The molecule has 146 valence electrons. The van der Waals surface area contributed by atoms with Gasteiger partial charge < -0.3 is 10.6 Å². The Kier molecular flexibility index (Phi) is 9.66. The number of rotatable bonds is 9. The van der Waals surface area contributed by atoms with Gasteiger partial charge in [-0.1, -0.05) is 18.2 Å². The Morgan fingerprint density at radius 3 is 2.65 bits per heavy atom. The van der Waals surface area contributed by atoms with Crippen LogP contribution in [0.15, 0.2) is 40.2 Å². The van der Waals surface area contributed by atoms with Crippen molar-refractivity contribution >= 4 is 39.5 Å². The van der Waals surface area contributed by atoms with Crippen LogP contribution >= 0.6 is 23.5 Å². The van der Waals surface area contributed by atoms with E-state index in [4.69, 9.17) is 0 Å². The Labute approximate surface area is 165 Å². The minimum absolute atomic E-state index is 0.0625. The van der Waals surface area contributed by atoms with Gasteiger partial charge in [-0.2, -0.15) is 11.8 Å². The van der Waals surface area contributed by atoms with E-state index in [1.54, 1.807) is 27.8 Å². The summed E-state index contributed by atoms with van der Waals surface area (Å²) in [5.41, 5.74) is 0. The molecule has 26 heavy (non-hydrogen) atoms. The van der Waals surface area contributed by atoms with E-state index in [-0.39, 0.29) is 12.3 Å². The molecule has 0 aliphatic carbocycles. The number of benzene rings is 1. The zero-order valence-corrected chi connectivity index (χ0v) is 17.6. The lowest BCUT2D eigenvalue weighted by molar-refractivity contribution is 0.444. The summed E-state index contributed by atoms with van der Waals surface area (Å²) < 4.78 is 26.3. The molecule has 0 spiro atoms. The monoisotopic (exact) mass is 416 g/mol. The van der Waals surface area contributed by atoms with Crippen molar-refractivity contribution in [1.82, 2.24) is 14.9 Å². The largest absolute Gasteiger partial charge is 0.357 e. The molecule has 1 heterocycles. The summed E-state index contributed by atoms with van der Waals surface area (Å²) in [6, 6.07) is 10.3. The molecule has 1 aromatic carbocycles. The molecule has 0 aromatic heterocycles. The maximum absolute atomic E-state index is 12.3. The second-order valence-corrected chi connectivity index (χ2v) is 10.2. The first kappa shape index (κ1) is 21.4. The lowest BCUT2D eigenvalue weighted by Gasteiger charge is -2.25. The molecule has 1 aromatic rings. The molecular formula is C17H28N4O2S3. The molecule has 1 aliphatic heterocycles. The minimum Gasteiger partial charge on any atom is -0.357 e. The molecule has 1 saturated heterocycles. The van der Waals surface area contributed by atoms with Gasteiger partial charge in [0.2, 0.25) is 10.0 Å². The first-order valence-corrected chi connectivity index (χ1v) is 12.6. The van der Waals surface area contributed by atoms with E-state index in [0.717, 1.165) is 30.3 Å². The van der Waals surface area contributed by atoms with E-state index in [9.17, 15) is 8.42 Å². The molecular weight excluding hydrogens is 388 g/mol. The number of guanidine groups is 1. The van der Waals surface area contributed by atoms with Crippen molar-refractivity contribution in [2.75, 3.05) is 55.7 Å². The van der Waals surface area contributed by atoms with Gasteiger partial charge in [0.05, 0.1) is 12.3 Å². The van der Waals surface area contributed by atoms with Crippen LogP contribution in [0.4, 0.5) is 0 Å². The molecule has 0 saturated carbocycles. The van der Waals surface area contributed by atoms with Crippen molar-refractivity contribution < 1.29 is 8.42 Å². The summed E-state index contributed by atoms with van der Waals surface area (Å²) in [5.74, 6) is 3.41. The van der Waals surface area contributed by atoms with Gasteiger partial charge in [0, 0.05) is 48.3 Å². The quantitative estimate of drug-likeness (QED) is 0.276. The Morgan fingerprint density at radius 1 is 1.23 bits per heavy atom. The average molecular weight is 417 g/mol. The molecule has 0 unspecified atom stereocenters. The third-order valence-electron chi connectivity index (χ3n) is 3.73. The SMILES string of the molecule is CCNC(=NCCS(=O)(=O)N1CCSCC1)NCCSc1ccccc1. The molecule has 6 nitrogen and oxygen atoms in total. The topological polar surface area (TPSA) is 73.8 Å². The van der Waals surface area contributed by atoms with Gasteiger partial charge in [0.25, 0.3) is 0 Å². The number of aliphatic imine (C=N–C) groups is 1. The van der Waals surface area contributed by atoms with Crippen LogP contribution in [-0.4, -0.2) is 74.4 Å². The summed E-state index contributed by atoms with van der Waals surface area (Å²) in [6.45, 7) is 5.01. The predicted molar refractivity (Wildman–Crippen MR) is 114 cm³/mol. The molecule has 0 radical (unpaired) electrons. The fraction of sp³-hybridized carbons (Fsp3) is 0.588. The third-order valence-corrected chi connectivity index (χ3v) is 7.54. The van der Waals surface area contributed by atoms with Crippen molar-refractivity contribution in [2.45, 2.75) is 11.8 Å². The summed E-state index contributed by atoms with van der Waals surface area (Å²) in [5, 5.41) is 6.43. The number of hydrogen-bond donors (Lipinski definition) is 2. The maximum Gasteiger partial charge on any atom is 0.215 e. The van der Waals surface area contributed by atoms with Crippen LogP contribution in [0.25, 0.3) is 0 Å². The molecule has 0 atom stereocenters. The van der Waals surface area contributed by atoms with E-state index in [0.29, 0.717) is 19.0 Å². The zero-order chi connectivity index (χ0) is 18.7. The fourth-order valence-electron chi connectivity index (χ4n) is 2.42. The minimum atomic E-state index is -3.20. The van der Waals surface area contributed by atoms with Gasteiger partial charge in [0.15, 0.2) is 5.96 Å². The summed E-state index contributed by atoms with van der Waals surface area (Å²) in [4.78, 5) is 5.65. The lowest BCUT2D eigenvalue weighted by Crippen LogP contribution is -2.41. The van der Waals surface area contributed by atoms with E-state index < -0.39 is 10.0 Å². The van der Waals surface area contributed by atoms with Crippen LogP contribution in [0.3, 0.4) is 0 Å². The Balaban J connectivity index is 1.74. The van der Waals surface area contributed by atoms with E-state index in [1.165, 1.54) is 4.90 Å². The van der Waals surface area contributed by atoms with Gasteiger partial charge in [0.1, 0.15) is 0 Å². The van der Waals surface area contributed by atoms with Crippen molar-refractivity contribution in [1.29, 1.82) is 0 Å². The number of nitrogens with zero attached hydrogens (tertiary/aromatic N) is 2. The van der Waals surface area contributed by atoms with Crippen LogP contribution in [0, 0.1) is 0 Å². The number of sulfonamides is 1. The molecule has 0 amide bonds. The Morgan fingerprint density at radius 2 is 1.96 bits per heavy atom. The Hall–Kier alpha value is -0.900. The highest BCUT2D eigenvalue weighted by atomic mass is 32.2. The molecule has 2 N–H and O–H groups in total. The zero-order valence-electron chi connectivity index (χ0n) is 15.2. The maximum atomic E-state index is 12.3. The summed E-state index contributed by atoms with van der Waals surface area (Å²) in [6.07, 6.45) is 0. The van der Waals surface area contributed by atoms with Crippen molar-refractivity contribution in [3.05, 3.63) is 30.3 Å². The van der Waals surface area contributed by atoms with Crippen LogP contribution in [-0.2, 0) is 10.0 Å². The third kappa shape index (κ3) is 7.77. The summed E-state index contributed by atoms with van der Waals surface area (Å²) >= 11 is 3.58. The van der Waals surface area contributed by atoms with Crippen molar-refractivity contribution in [2.24, 2.45) is 4.99 Å². The van der Waals surface area contributed by atoms with Crippen LogP contribution < -0.4 is 10.6 Å². The summed E-state index contributed by atoms with van der Waals surface area (Å²) in [7, 11) is -3.20. The van der Waals surface area contributed by atoms with Crippen LogP contribution in [0.1, 0.15) is 6.92 Å². The normalized spacial score (nSPS) is 16.4. The highest BCUT2D eigenvalue weighted by Gasteiger charge is 2.23. The molecule has 9 heteroatoms. The van der Waals surface area contributed by atoms with Gasteiger partial charge in [-0.05, 0) is 19.1 Å². The van der Waals surface area contributed by atoms with E-state index in [2.05, 4.69) is 27.8 Å². The van der Waals surface area contributed by atoms with Crippen LogP contribution in [0.2, 0.25) is 0 Å². The lowest BCUT2D eigenvalue weighted by atomic mass is 10.4. The van der Waals surface area contributed by atoms with Crippen molar-refractivity contribution in [3.8, 4) is 0 Å². The highest BCUT2D eigenvalue weighted by molar-refractivity contribution is 7.99. The number of hydrogen-bond acceptors (Lipinski definition) is 5. The average Bonchev–Trinajstić information content (AvgIpc) is 2.66. The van der Waals surface area contributed by atoms with Gasteiger partial charge >= 0.3 is 0 Å². The fourth-order valence-corrected chi connectivity index (χ4v) is 5.67. The standard InChI is InChI=1S/C17H28N4O2S3/c1-2-18-17(19-8-12-25-16-6-4-3-5-7-16)20-9-15-26(22,23)21-10-13-24-14-11-21/h3-7H,2,8-15H2,1H3,(H2,18,19,20). The van der Waals surface area contributed by atoms with Crippen LogP contribution in [0.5, 0.6) is 0 Å². The number of thioether (sulfide) groups is 2. The smallest absolute Gasteiger partial charge is 0.215 e. The van der Waals surface area contributed by atoms with Gasteiger partial charge in [-0.15, -0.1) is 11.8 Å². The molecule has 2 rings (SSSR count). The van der Waals surface area contributed by atoms with Gasteiger partial charge in [-0.25, -0.2) is 12.7 Å². The first-order chi connectivity index (χ1) is 12.6. The number of nitrogens with one attached hydrogen (secondary N) is 2. The molecule has 1 aliphatic rings. The highest BCUT2D eigenvalue weighted by Crippen LogP contribution is 2.15. The van der Waals surface area contributed by atoms with E-state index >= 15 is 0 Å². The second-order valence-electron chi connectivity index (χ2n) is 5.68. The van der Waals surface area contributed by atoms with Gasteiger partial charge in [-0.3, -0.25) is 4.99 Å². The molecule has 0 bridgehead atoms. The molecule has 1 fully saturated rings. The Bertz CT molecular complexity index is 647. The van der Waals surface area contributed by atoms with E-state index in [1.807, 2.05) is 25.1 Å². The second kappa shape index (κ2) is 11.7.